The Morgan fingerprint density at radius 3 is 2.10 bits per heavy atom. The Labute approximate surface area is 175 Å². The molecule has 0 N–H and O–H groups in total. The molecule has 1 saturated heterocycles. The van der Waals surface area contributed by atoms with Gasteiger partial charge in [0, 0.05) is 18.7 Å². The van der Waals surface area contributed by atoms with Crippen molar-refractivity contribution in [3.8, 4) is 11.5 Å². The molecule has 0 aromatic heterocycles. The van der Waals surface area contributed by atoms with Crippen LogP contribution in [0.5, 0.6) is 11.5 Å². The molecule has 30 heavy (non-hydrogen) atoms. The van der Waals surface area contributed by atoms with Crippen LogP contribution in [0.25, 0.3) is 0 Å². The molecule has 1 heterocycles. The quantitative estimate of drug-likeness (QED) is 0.442. The van der Waals surface area contributed by atoms with Crippen LogP contribution in [0.3, 0.4) is 0 Å². The predicted molar refractivity (Wildman–Crippen MR) is 108 cm³/mol. The van der Waals surface area contributed by atoms with Crippen LogP contribution in [-0.4, -0.2) is 57.9 Å². The van der Waals surface area contributed by atoms with Crippen molar-refractivity contribution in [3.63, 3.8) is 0 Å². The van der Waals surface area contributed by atoms with Crippen LogP contribution in [0.2, 0.25) is 0 Å². The Morgan fingerprint density at radius 2 is 1.50 bits per heavy atom. The first-order valence-corrected chi connectivity index (χ1v) is 10.9. The highest BCUT2D eigenvalue weighted by Gasteiger charge is 2.27. The van der Waals surface area contributed by atoms with Gasteiger partial charge in [-0.2, -0.15) is 4.31 Å². The molecule has 1 aliphatic rings. The fourth-order valence-corrected chi connectivity index (χ4v) is 4.49. The van der Waals surface area contributed by atoms with E-state index in [0.29, 0.717) is 24.6 Å². The highest BCUT2D eigenvalue weighted by Crippen LogP contribution is 2.21. The first kappa shape index (κ1) is 21.8. The van der Waals surface area contributed by atoms with Crippen LogP contribution in [0.1, 0.15) is 23.2 Å². The Kier molecular flexibility index (Phi) is 7.07. The largest absolute Gasteiger partial charge is 0.497 e. The lowest BCUT2D eigenvalue weighted by Gasteiger charge is -2.15. The molecule has 0 atom stereocenters. The molecule has 0 bridgehead atoms. The summed E-state index contributed by atoms with van der Waals surface area (Å²) in [6.07, 6.45) is 1.70. The van der Waals surface area contributed by atoms with Crippen molar-refractivity contribution in [1.82, 2.24) is 4.31 Å². The topological polar surface area (TPSA) is 99.2 Å². The van der Waals surface area contributed by atoms with E-state index in [1.807, 2.05) is 0 Å². The monoisotopic (exact) mass is 433 g/mol. The second-order valence-electron chi connectivity index (χ2n) is 6.68. The van der Waals surface area contributed by atoms with Crippen LogP contribution >= 0.6 is 0 Å². The van der Waals surface area contributed by atoms with Crippen molar-refractivity contribution in [3.05, 3.63) is 54.1 Å². The van der Waals surface area contributed by atoms with Gasteiger partial charge in [0.25, 0.3) is 0 Å². The number of hydrogen-bond donors (Lipinski definition) is 0. The third-order valence-corrected chi connectivity index (χ3v) is 6.57. The van der Waals surface area contributed by atoms with Gasteiger partial charge in [-0.1, -0.05) is 0 Å². The van der Waals surface area contributed by atoms with Crippen molar-refractivity contribution in [2.75, 3.05) is 33.4 Å². The van der Waals surface area contributed by atoms with Crippen molar-refractivity contribution < 1.29 is 32.2 Å². The first-order chi connectivity index (χ1) is 14.4. The lowest BCUT2D eigenvalue weighted by molar-refractivity contribution is -0.144. The maximum atomic E-state index is 12.5. The second-order valence-corrected chi connectivity index (χ2v) is 8.62. The summed E-state index contributed by atoms with van der Waals surface area (Å²) >= 11 is 0. The molecule has 2 aromatic carbocycles. The molecule has 0 amide bonds. The maximum Gasteiger partial charge on any atom is 0.344 e. The van der Waals surface area contributed by atoms with E-state index in [1.54, 1.807) is 31.4 Å². The van der Waals surface area contributed by atoms with Crippen molar-refractivity contribution in [1.29, 1.82) is 0 Å². The number of esters is 1. The number of ether oxygens (including phenoxy) is 3. The van der Waals surface area contributed by atoms with E-state index in [9.17, 15) is 18.0 Å². The van der Waals surface area contributed by atoms with Crippen LogP contribution < -0.4 is 9.47 Å². The van der Waals surface area contributed by atoms with Crippen molar-refractivity contribution in [2.45, 2.75) is 17.7 Å². The van der Waals surface area contributed by atoms with Gasteiger partial charge in [-0.15, -0.1) is 0 Å². The molecule has 0 aliphatic carbocycles. The van der Waals surface area contributed by atoms with E-state index in [-0.39, 0.29) is 17.1 Å². The lowest BCUT2D eigenvalue weighted by Crippen LogP contribution is -2.27. The van der Waals surface area contributed by atoms with Crippen LogP contribution in [-0.2, 0) is 19.6 Å². The maximum absolute atomic E-state index is 12.5. The lowest BCUT2D eigenvalue weighted by atomic mass is 10.1. The number of sulfonamides is 1. The SMILES string of the molecule is COc1ccc(OCC(=O)OCC(=O)c2ccc(S(=O)(=O)N3CCCC3)cc2)cc1. The summed E-state index contributed by atoms with van der Waals surface area (Å²) in [5, 5.41) is 0. The van der Waals surface area contributed by atoms with E-state index >= 15 is 0 Å². The number of rotatable bonds is 9. The molecule has 0 spiro atoms. The average Bonchev–Trinajstić information content (AvgIpc) is 3.32. The standard InChI is InChI=1S/C21H23NO7S/c1-27-17-6-8-18(9-7-17)28-15-21(24)29-14-20(23)16-4-10-19(11-5-16)30(25,26)22-12-2-3-13-22/h4-11H,2-3,12-15H2,1H3. The summed E-state index contributed by atoms with van der Waals surface area (Å²) in [6, 6.07) is 12.3. The molecule has 0 saturated carbocycles. The Bertz CT molecular complexity index is 979. The zero-order valence-electron chi connectivity index (χ0n) is 16.6. The number of Topliss-reactive ketones (excluding diaryl/α,β-unsaturated/α-hetero) is 1. The first-order valence-electron chi connectivity index (χ1n) is 9.46. The summed E-state index contributed by atoms with van der Waals surface area (Å²) in [4.78, 5) is 24.2. The number of methoxy groups -OCH3 is 1. The van der Waals surface area contributed by atoms with Gasteiger partial charge in [0.2, 0.25) is 10.0 Å². The number of benzene rings is 2. The highest BCUT2D eigenvalue weighted by atomic mass is 32.2. The Balaban J connectivity index is 1.48. The van der Waals surface area contributed by atoms with E-state index in [4.69, 9.17) is 14.2 Å². The summed E-state index contributed by atoms with van der Waals surface area (Å²) in [5.74, 6) is 0.00830. The van der Waals surface area contributed by atoms with Crippen LogP contribution in [0.15, 0.2) is 53.4 Å². The van der Waals surface area contributed by atoms with Crippen LogP contribution in [0.4, 0.5) is 0 Å². The van der Waals surface area contributed by atoms with E-state index in [2.05, 4.69) is 0 Å². The molecule has 1 fully saturated rings. The smallest absolute Gasteiger partial charge is 0.344 e. The molecule has 9 heteroatoms. The average molecular weight is 433 g/mol. The molecule has 2 aromatic rings. The molecule has 0 radical (unpaired) electrons. The third-order valence-electron chi connectivity index (χ3n) is 4.66. The fourth-order valence-electron chi connectivity index (χ4n) is 2.98. The van der Waals surface area contributed by atoms with Gasteiger partial charge in [0.1, 0.15) is 11.5 Å². The summed E-state index contributed by atoms with van der Waals surface area (Å²) in [5.41, 5.74) is 0.263. The molecule has 3 rings (SSSR count). The normalized spacial score (nSPS) is 14.3. The zero-order chi connectivity index (χ0) is 21.6. The predicted octanol–water partition coefficient (Wildman–Crippen LogP) is 2.28. The number of carbonyl (C=O) groups excluding carboxylic acids is 2. The van der Waals surface area contributed by atoms with E-state index in [0.717, 1.165) is 12.8 Å². The van der Waals surface area contributed by atoms with Crippen molar-refractivity contribution >= 4 is 21.8 Å². The number of ketones is 1. The summed E-state index contributed by atoms with van der Waals surface area (Å²) < 4.78 is 41.7. The van der Waals surface area contributed by atoms with Gasteiger partial charge in [0.05, 0.1) is 12.0 Å². The molecule has 0 unspecified atom stereocenters. The Morgan fingerprint density at radius 1 is 0.900 bits per heavy atom. The Hall–Kier alpha value is -2.91. The van der Waals surface area contributed by atoms with Crippen LogP contribution in [0, 0.1) is 0 Å². The molecular formula is C21H23NO7S. The zero-order valence-corrected chi connectivity index (χ0v) is 17.4. The van der Waals surface area contributed by atoms with Gasteiger partial charge >= 0.3 is 5.97 Å². The summed E-state index contributed by atoms with van der Waals surface area (Å²) in [6.45, 7) is 0.227. The molecule has 1 aliphatic heterocycles. The van der Waals surface area contributed by atoms with Gasteiger partial charge in [-0.3, -0.25) is 4.79 Å². The van der Waals surface area contributed by atoms with E-state index < -0.39 is 28.4 Å². The number of carbonyl (C=O) groups is 2. The van der Waals surface area contributed by atoms with Gasteiger partial charge < -0.3 is 14.2 Å². The van der Waals surface area contributed by atoms with Crippen molar-refractivity contribution in [2.24, 2.45) is 0 Å². The minimum atomic E-state index is -3.53. The van der Waals surface area contributed by atoms with Gasteiger partial charge in [-0.25, -0.2) is 13.2 Å². The van der Waals surface area contributed by atoms with Gasteiger partial charge in [-0.05, 0) is 61.4 Å². The molecule has 160 valence electrons. The number of nitrogens with zero attached hydrogens (tertiary/aromatic N) is 1. The minimum absolute atomic E-state index is 0.144. The summed E-state index contributed by atoms with van der Waals surface area (Å²) in [7, 11) is -1.99. The highest BCUT2D eigenvalue weighted by molar-refractivity contribution is 7.89. The molecule has 8 nitrogen and oxygen atoms in total. The third kappa shape index (κ3) is 5.37. The number of hydrogen-bond acceptors (Lipinski definition) is 7. The van der Waals surface area contributed by atoms with Gasteiger partial charge in [0.15, 0.2) is 19.0 Å². The fraction of sp³-hybridized carbons (Fsp3) is 0.333. The second kappa shape index (κ2) is 9.73. The molecular weight excluding hydrogens is 410 g/mol. The van der Waals surface area contributed by atoms with E-state index in [1.165, 1.54) is 28.6 Å². The minimum Gasteiger partial charge on any atom is -0.497 e.